The SMILES string of the molecule is Cl.FC(F)(F)c1ccccc1-c1ccc2nc[nH]c2c1. The molecule has 0 radical (unpaired) electrons. The van der Waals surface area contributed by atoms with Crippen LogP contribution in [0.2, 0.25) is 0 Å². The second-order valence-corrected chi connectivity index (χ2v) is 4.18. The first kappa shape index (κ1) is 14.4. The van der Waals surface area contributed by atoms with Crippen LogP contribution in [-0.4, -0.2) is 9.97 Å². The Bertz CT molecular complexity index is 734. The molecule has 0 aliphatic rings. The summed E-state index contributed by atoms with van der Waals surface area (Å²) in [5, 5.41) is 0. The number of fused-ring (bicyclic) bond motifs is 1. The second kappa shape index (κ2) is 5.17. The van der Waals surface area contributed by atoms with E-state index in [-0.39, 0.29) is 18.0 Å². The molecule has 0 saturated heterocycles. The number of alkyl halides is 3. The molecule has 6 heteroatoms. The summed E-state index contributed by atoms with van der Waals surface area (Å²) in [7, 11) is 0. The molecule has 2 nitrogen and oxygen atoms in total. The quantitative estimate of drug-likeness (QED) is 0.695. The molecular formula is C14H10ClF3N2. The molecule has 3 rings (SSSR count). The van der Waals surface area contributed by atoms with Gasteiger partial charge in [0.15, 0.2) is 0 Å². The zero-order valence-electron chi connectivity index (χ0n) is 10.1. The molecule has 0 atom stereocenters. The highest BCUT2D eigenvalue weighted by Crippen LogP contribution is 2.37. The fourth-order valence-electron chi connectivity index (χ4n) is 2.09. The van der Waals surface area contributed by atoms with E-state index in [2.05, 4.69) is 9.97 Å². The molecule has 0 aliphatic carbocycles. The van der Waals surface area contributed by atoms with Crippen LogP contribution in [0.1, 0.15) is 5.56 Å². The van der Waals surface area contributed by atoms with Crippen LogP contribution >= 0.6 is 12.4 Å². The summed E-state index contributed by atoms with van der Waals surface area (Å²) in [6, 6.07) is 10.6. The third-order valence-electron chi connectivity index (χ3n) is 2.96. The number of H-pyrrole nitrogens is 1. The number of halogens is 4. The number of nitrogens with zero attached hydrogens (tertiary/aromatic N) is 1. The average Bonchev–Trinajstić information content (AvgIpc) is 2.85. The third kappa shape index (κ3) is 2.49. The zero-order valence-corrected chi connectivity index (χ0v) is 10.9. The lowest BCUT2D eigenvalue weighted by Crippen LogP contribution is -2.06. The third-order valence-corrected chi connectivity index (χ3v) is 2.96. The number of hydrogen-bond acceptors (Lipinski definition) is 1. The van der Waals surface area contributed by atoms with E-state index >= 15 is 0 Å². The molecule has 0 spiro atoms. The van der Waals surface area contributed by atoms with Gasteiger partial charge < -0.3 is 4.98 Å². The molecule has 0 amide bonds. The maximum atomic E-state index is 13.0. The maximum Gasteiger partial charge on any atom is 0.417 e. The lowest BCUT2D eigenvalue weighted by atomic mass is 9.99. The lowest BCUT2D eigenvalue weighted by molar-refractivity contribution is -0.137. The summed E-state index contributed by atoms with van der Waals surface area (Å²) in [4.78, 5) is 6.94. The Morgan fingerprint density at radius 3 is 2.50 bits per heavy atom. The lowest BCUT2D eigenvalue weighted by Gasteiger charge is -2.12. The smallest absolute Gasteiger partial charge is 0.345 e. The summed E-state index contributed by atoms with van der Waals surface area (Å²) in [6.07, 6.45) is -2.84. The van der Waals surface area contributed by atoms with E-state index < -0.39 is 11.7 Å². The van der Waals surface area contributed by atoms with E-state index in [1.807, 2.05) is 0 Å². The largest absolute Gasteiger partial charge is 0.417 e. The number of aromatic nitrogens is 2. The van der Waals surface area contributed by atoms with Crippen molar-refractivity contribution in [2.45, 2.75) is 6.18 Å². The summed E-state index contributed by atoms with van der Waals surface area (Å²) >= 11 is 0. The monoisotopic (exact) mass is 298 g/mol. The normalized spacial score (nSPS) is 11.3. The Labute approximate surface area is 119 Å². The van der Waals surface area contributed by atoms with Gasteiger partial charge in [-0.25, -0.2) is 4.98 Å². The van der Waals surface area contributed by atoms with Crippen LogP contribution in [0.3, 0.4) is 0 Å². The van der Waals surface area contributed by atoms with Crippen molar-refractivity contribution in [2.75, 3.05) is 0 Å². The number of nitrogens with one attached hydrogen (secondary N) is 1. The number of aromatic amines is 1. The van der Waals surface area contributed by atoms with Crippen molar-refractivity contribution in [3.8, 4) is 11.1 Å². The number of benzene rings is 2. The van der Waals surface area contributed by atoms with Crippen LogP contribution in [0.5, 0.6) is 0 Å². The molecule has 104 valence electrons. The Hall–Kier alpha value is -2.01. The van der Waals surface area contributed by atoms with Gasteiger partial charge in [0.25, 0.3) is 0 Å². The van der Waals surface area contributed by atoms with E-state index in [4.69, 9.17) is 0 Å². The minimum Gasteiger partial charge on any atom is -0.345 e. The van der Waals surface area contributed by atoms with Crippen LogP contribution in [0.25, 0.3) is 22.2 Å². The van der Waals surface area contributed by atoms with Crippen molar-refractivity contribution < 1.29 is 13.2 Å². The van der Waals surface area contributed by atoms with Crippen molar-refractivity contribution in [1.29, 1.82) is 0 Å². The topological polar surface area (TPSA) is 28.7 Å². The van der Waals surface area contributed by atoms with Crippen LogP contribution in [0.4, 0.5) is 13.2 Å². The van der Waals surface area contributed by atoms with Crippen LogP contribution < -0.4 is 0 Å². The molecule has 0 unspecified atom stereocenters. The van der Waals surface area contributed by atoms with Gasteiger partial charge in [-0.05, 0) is 29.3 Å². The average molecular weight is 299 g/mol. The van der Waals surface area contributed by atoms with Gasteiger partial charge in [-0.3, -0.25) is 0 Å². The summed E-state index contributed by atoms with van der Waals surface area (Å²) in [6.45, 7) is 0. The standard InChI is InChI=1S/C14H9F3N2.ClH/c15-14(16,17)11-4-2-1-3-10(11)9-5-6-12-13(7-9)19-8-18-12;/h1-8H,(H,18,19);1H. The van der Waals surface area contributed by atoms with Crippen molar-refractivity contribution in [3.63, 3.8) is 0 Å². The fourth-order valence-corrected chi connectivity index (χ4v) is 2.09. The van der Waals surface area contributed by atoms with Crippen LogP contribution in [0.15, 0.2) is 48.8 Å². The minimum absolute atomic E-state index is 0. The van der Waals surface area contributed by atoms with Crippen LogP contribution in [0, 0.1) is 0 Å². The van der Waals surface area contributed by atoms with E-state index in [0.717, 1.165) is 17.1 Å². The highest BCUT2D eigenvalue weighted by atomic mass is 35.5. The minimum atomic E-state index is -4.36. The van der Waals surface area contributed by atoms with E-state index in [1.165, 1.54) is 18.5 Å². The molecule has 20 heavy (non-hydrogen) atoms. The number of hydrogen-bond donors (Lipinski definition) is 1. The Balaban J connectivity index is 0.00000147. The highest BCUT2D eigenvalue weighted by molar-refractivity contribution is 5.85. The molecule has 1 aromatic heterocycles. The zero-order chi connectivity index (χ0) is 13.5. The van der Waals surface area contributed by atoms with Gasteiger partial charge in [0, 0.05) is 0 Å². The van der Waals surface area contributed by atoms with Crippen molar-refractivity contribution in [2.24, 2.45) is 0 Å². The van der Waals surface area contributed by atoms with Gasteiger partial charge >= 0.3 is 6.18 Å². The van der Waals surface area contributed by atoms with Gasteiger partial charge in [-0.2, -0.15) is 13.2 Å². The van der Waals surface area contributed by atoms with Gasteiger partial charge in [0.1, 0.15) is 0 Å². The number of rotatable bonds is 1. The summed E-state index contributed by atoms with van der Waals surface area (Å²) in [5.41, 5.74) is 1.51. The maximum absolute atomic E-state index is 13.0. The van der Waals surface area contributed by atoms with Gasteiger partial charge in [0.2, 0.25) is 0 Å². The fraction of sp³-hybridized carbons (Fsp3) is 0.0714. The summed E-state index contributed by atoms with van der Waals surface area (Å²) < 4.78 is 38.9. The van der Waals surface area contributed by atoms with Crippen molar-refractivity contribution >= 4 is 23.4 Å². The van der Waals surface area contributed by atoms with E-state index in [1.54, 1.807) is 24.3 Å². The highest BCUT2D eigenvalue weighted by Gasteiger charge is 2.33. The Morgan fingerprint density at radius 1 is 1.00 bits per heavy atom. The summed E-state index contributed by atoms with van der Waals surface area (Å²) in [5.74, 6) is 0. The van der Waals surface area contributed by atoms with E-state index in [9.17, 15) is 13.2 Å². The van der Waals surface area contributed by atoms with Gasteiger partial charge in [-0.15, -0.1) is 12.4 Å². The predicted molar refractivity (Wildman–Crippen MR) is 73.8 cm³/mol. The molecular weight excluding hydrogens is 289 g/mol. The molecule has 3 aromatic rings. The van der Waals surface area contributed by atoms with E-state index in [0.29, 0.717) is 5.56 Å². The Morgan fingerprint density at radius 2 is 1.75 bits per heavy atom. The predicted octanol–water partition coefficient (Wildman–Crippen LogP) is 4.67. The molecule has 1 N–H and O–H groups in total. The van der Waals surface area contributed by atoms with Crippen molar-refractivity contribution in [3.05, 3.63) is 54.4 Å². The van der Waals surface area contributed by atoms with Crippen LogP contribution in [-0.2, 0) is 6.18 Å². The first-order valence-electron chi connectivity index (χ1n) is 5.65. The molecule has 1 heterocycles. The number of imidazole rings is 1. The second-order valence-electron chi connectivity index (χ2n) is 4.18. The first-order valence-corrected chi connectivity index (χ1v) is 5.65. The van der Waals surface area contributed by atoms with Gasteiger partial charge in [-0.1, -0.05) is 24.3 Å². The molecule has 2 aromatic carbocycles. The van der Waals surface area contributed by atoms with Crippen molar-refractivity contribution in [1.82, 2.24) is 9.97 Å². The molecule has 0 aliphatic heterocycles. The Kier molecular flexibility index (Phi) is 3.72. The molecule has 0 bridgehead atoms. The molecule has 0 saturated carbocycles. The first-order chi connectivity index (χ1) is 9.05. The molecule has 0 fully saturated rings. The van der Waals surface area contributed by atoms with Gasteiger partial charge in [0.05, 0.1) is 22.9 Å².